The molecule has 1 unspecified atom stereocenters. The minimum Gasteiger partial charge on any atom is -0.0651 e. The molecule has 0 spiro atoms. The van der Waals surface area contributed by atoms with Gasteiger partial charge in [-0.15, -0.1) is 0 Å². The van der Waals surface area contributed by atoms with Crippen LogP contribution >= 0.6 is 0 Å². The molecule has 0 radical (unpaired) electrons. The number of hydrogen-bond donors (Lipinski definition) is 0. The molecular formula is C21H30. The molecule has 114 valence electrons. The number of fused-ring (bicyclic) bond motifs is 1. The summed E-state index contributed by atoms with van der Waals surface area (Å²) in [4.78, 5) is 0. The molecule has 2 aromatic rings. The Morgan fingerprint density at radius 1 is 1.00 bits per heavy atom. The lowest BCUT2D eigenvalue weighted by atomic mass is 9.78. The van der Waals surface area contributed by atoms with Crippen LogP contribution in [0.15, 0.2) is 30.3 Å². The summed E-state index contributed by atoms with van der Waals surface area (Å²) in [7, 11) is 0. The van der Waals surface area contributed by atoms with Crippen LogP contribution in [0, 0.1) is 12.8 Å². The maximum Gasteiger partial charge on any atom is -0.0100 e. The van der Waals surface area contributed by atoms with Crippen LogP contribution in [0.25, 0.3) is 10.8 Å². The number of rotatable bonds is 5. The van der Waals surface area contributed by atoms with Crippen molar-refractivity contribution in [2.45, 2.75) is 66.2 Å². The summed E-state index contributed by atoms with van der Waals surface area (Å²) >= 11 is 0. The first-order valence-electron chi connectivity index (χ1n) is 8.42. The first kappa shape index (κ1) is 16.1. The minimum atomic E-state index is 0.239. The van der Waals surface area contributed by atoms with E-state index < -0.39 is 0 Å². The van der Waals surface area contributed by atoms with Gasteiger partial charge in [0.15, 0.2) is 0 Å². The van der Waals surface area contributed by atoms with Crippen LogP contribution in [0.4, 0.5) is 0 Å². The predicted molar refractivity (Wildman–Crippen MR) is 95.2 cm³/mol. The largest absolute Gasteiger partial charge is 0.0651 e. The average molecular weight is 282 g/mol. The Morgan fingerprint density at radius 3 is 2.33 bits per heavy atom. The summed E-state index contributed by atoms with van der Waals surface area (Å²) < 4.78 is 0. The molecule has 0 N–H and O–H groups in total. The van der Waals surface area contributed by atoms with Gasteiger partial charge >= 0.3 is 0 Å². The molecule has 0 saturated carbocycles. The first-order chi connectivity index (χ1) is 9.90. The molecule has 0 heteroatoms. The number of benzene rings is 2. The third kappa shape index (κ3) is 3.15. The molecule has 21 heavy (non-hydrogen) atoms. The molecule has 0 amide bonds. The standard InChI is InChI=1S/C21H30/c1-7-15(3)14-19-16(4)12-13-18-17(19)10-9-11-20(18)21(5,6)8-2/h9-13,15H,7-8,14H2,1-6H3. The molecule has 0 nitrogen and oxygen atoms in total. The van der Waals surface area contributed by atoms with Gasteiger partial charge in [-0.25, -0.2) is 0 Å². The summed E-state index contributed by atoms with van der Waals surface area (Å²) in [5, 5.41) is 2.92. The quantitative estimate of drug-likeness (QED) is 0.593. The monoisotopic (exact) mass is 282 g/mol. The van der Waals surface area contributed by atoms with Gasteiger partial charge in [0.05, 0.1) is 0 Å². The van der Waals surface area contributed by atoms with E-state index in [9.17, 15) is 0 Å². The van der Waals surface area contributed by atoms with Crippen LogP contribution in [0.3, 0.4) is 0 Å². The van der Waals surface area contributed by atoms with Crippen LogP contribution in [0.2, 0.25) is 0 Å². The Bertz CT molecular complexity index is 619. The van der Waals surface area contributed by atoms with Crippen molar-refractivity contribution in [2.24, 2.45) is 5.92 Å². The second-order valence-electron chi connectivity index (χ2n) is 7.22. The first-order valence-corrected chi connectivity index (χ1v) is 8.42. The van der Waals surface area contributed by atoms with E-state index in [1.165, 1.54) is 41.2 Å². The van der Waals surface area contributed by atoms with Crippen molar-refractivity contribution >= 4 is 10.8 Å². The zero-order valence-electron chi connectivity index (χ0n) is 14.6. The van der Waals surface area contributed by atoms with E-state index in [1.807, 2.05) is 0 Å². The SMILES string of the molecule is CCC(C)Cc1c(C)ccc2c(C(C)(C)CC)cccc12. The van der Waals surface area contributed by atoms with Crippen molar-refractivity contribution in [2.75, 3.05) is 0 Å². The minimum absolute atomic E-state index is 0.239. The number of aryl methyl sites for hydroxylation is 1. The maximum atomic E-state index is 2.36. The highest BCUT2D eigenvalue weighted by Gasteiger charge is 2.21. The van der Waals surface area contributed by atoms with Crippen molar-refractivity contribution in [3.8, 4) is 0 Å². The fourth-order valence-electron chi connectivity index (χ4n) is 3.07. The van der Waals surface area contributed by atoms with Gasteiger partial charge in [0.1, 0.15) is 0 Å². The molecule has 0 aliphatic heterocycles. The van der Waals surface area contributed by atoms with Crippen molar-refractivity contribution in [3.05, 3.63) is 47.0 Å². The van der Waals surface area contributed by atoms with Crippen molar-refractivity contribution in [1.82, 2.24) is 0 Å². The highest BCUT2D eigenvalue weighted by Crippen LogP contribution is 2.35. The molecule has 0 aliphatic rings. The third-order valence-electron chi connectivity index (χ3n) is 5.27. The highest BCUT2D eigenvalue weighted by atomic mass is 14.3. The van der Waals surface area contributed by atoms with E-state index in [2.05, 4.69) is 71.9 Å². The fraction of sp³-hybridized carbons (Fsp3) is 0.524. The smallest absolute Gasteiger partial charge is 0.0100 e. The van der Waals surface area contributed by atoms with Gasteiger partial charge in [-0.2, -0.15) is 0 Å². The van der Waals surface area contributed by atoms with Gasteiger partial charge in [0, 0.05) is 0 Å². The van der Waals surface area contributed by atoms with Crippen LogP contribution in [0.5, 0.6) is 0 Å². The average Bonchev–Trinajstić information content (AvgIpc) is 2.49. The predicted octanol–water partition coefficient (Wildman–Crippen LogP) is 6.42. The Morgan fingerprint density at radius 2 is 1.71 bits per heavy atom. The van der Waals surface area contributed by atoms with E-state index >= 15 is 0 Å². The Hall–Kier alpha value is -1.30. The van der Waals surface area contributed by atoms with Crippen molar-refractivity contribution in [1.29, 1.82) is 0 Å². The molecule has 0 fully saturated rings. The lowest BCUT2D eigenvalue weighted by Crippen LogP contribution is -2.16. The molecule has 1 atom stereocenters. The number of hydrogen-bond acceptors (Lipinski definition) is 0. The molecule has 0 aliphatic carbocycles. The lowest BCUT2D eigenvalue weighted by molar-refractivity contribution is 0.510. The van der Waals surface area contributed by atoms with Gasteiger partial charge in [-0.3, -0.25) is 0 Å². The normalized spacial score (nSPS) is 13.6. The second-order valence-corrected chi connectivity index (χ2v) is 7.22. The topological polar surface area (TPSA) is 0 Å². The molecule has 2 rings (SSSR count). The lowest BCUT2D eigenvalue weighted by Gasteiger charge is -2.26. The van der Waals surface area contributed by atoms with Crippen molar-refractivity contribution < 1.29 is 0 Å². The summed E-state index contributed by atoms with van der Waals surface area (Å²) in [5.41, 5.74) is 4.72. The Labute approximate surface area is 130 Å². The Kier molecular flexibility index (Phi) is 4.76. The molecule has 0 saturated heterocycles. The zero-order chi connectivity index (χ0) is 15.6. The van der Waals surface area contributed by atoms with E-state index in [4.69, 9.17) is 0 Å². The van der Waals surface area contributed by atoms with Crippen LogP contribution in [-0.4, -0.2) is 0 Å². The van der Waals surface area contributed by atoms with Crippen LogP contribution in [-0.2, 0) is 11.8 Å². The van der Waals surface area contributed by atoms with Gasteiger partial charge < -0.3 is 0 Å². The van der Waals surface area contributed by atoms with Crippen LogP contribution < -0.4 is 0 Å². The van der Waals surface area contributed by atoms with Gasteiger partial charge in [-0.05, 0) is 58.6 Å². The Balaban J connectivity index is 2.66. The van der Waals surface area contributed by atoms with Crippen molar-refractivity contribution in [3.63, 3.8) is 0 Å². The second kappa shape index (κ2) is 6.22. The molecular weight excluding hydrogens is 252 g/mol. The highest BCUT2D eigenvalue weighted by molar-refractivity contribution is 5.90. The molecule has 0 heterocycles. The van der Waals surface area contributed by atoms with Gasteiger partial charge in [0.2, 0.25) is 0 Å². The van der Waals surface area contributed by atoms with E-state index in [0.717, 1.165) is 5.92 Å². The van der Waals surface area contributed by atoms with E-state index in [1.54, 1.807) is 5.56 Å². The molecule has 2 aromatic carbocycles. The summed E-state index contributed by atoms with van der Waals surface area (Å²) in [6.45, 7) is 13.9. The summed E-state index contributed by atoms with van der Waals surface area (Å²) in [6, 6.07) is 11.5. The zero-order valence-corrected chi connectivity index (χ0v) is 14.6. The molecule has 0 bridgehead atoms. The van der Waals surface area contributed by atoms with E-state index in [0.29, 0.717) is 0 Å². The maximum absolute atomic E-state index is 2.36. The van der Waals surface area contributed by atoms with E-state index in [-0.39, 0.29) is 5.41 Å². The van der Waals surface area contributed by atoms with Crippen LogP contribution in [0.1, 0.15) is 64.2 Å². The van der Waals surface area contributed by atoms with Gasteiger partial charge in [-0.1, -0.05) is 71.4 Å². The fourth-order valence-corrected chi connectivity index (χ4v) is 3.07. The third-order valence-corrected chi connectivity index (χ3v) is 5.27. The molecule has 0 aromatic heterocycles. The summed E-state index contributed by atoms with van der Waals surface area (Å²) in [6.07, 6.45) is 3.60. The van der Waals surface area contributed by atoms with Gasteiger partial charge in [0.25, 0.3) is 0 Å². The summed E-state index contributed by atoms with van der Waals surface area (Å²) in [5.74, 6) is 0.747.